The predicted octanol–water partition coefficient (Wildman–Crippen LogP) is 2.12. The zero-order valence-corrected chi connectivity index (χ0v) is 11.8. The maximum Gasteiger partial charge on any atom is 0.162 e. The molecule has 0 aliphatic rings. The van der Waals surface area contributed by atoms with E-state index in [0.29, 0.717) is 19.8 Å². The van der Waals surface area contributed by atoms with Crippen LogP contribution in [0.3, 0.4) is 0 Å². The van der Waals surface area contributed by atoms with Crippen LogP contribution in [0.25, 0.3) is 0 Å². The number of rotatable bonds is 8. The molecule has 0 saturated carbocycles. The van der Waals surface area contributed by atoms with Crippen molar-refractivity contribution in [2.24, 2.45) is 0 Å². The fourth-order valence-electron chi connectivity index (χ4n) is 1.34. The average Bonchev–Trinajstić information content (AvgIpc) is 2.72. The van der Waals surface area contributed by atoms with Crippen molar-refractivity contribution in [3.8, 4) is 0 Å². The Morgan fingerprint density at radius 2 is 2.11 bits per heavy atom. The lowest BCUT2D eigenvalue weighted by atomic mass is 10.2. The second kappa shape index (κ2) is 7.51. The first-order valence-corrected chi connectivity index (χ1v) is 6.38. The summed E-state index contributed by atoms with van der Waals surface area (Å²) in [5.41, 5.74) is 0.788. The van der Waals surface area contributed by atoms with Gasteiger partial charge in [0.2, 0.25) is 0 Å². The lowest BCUT2D eigenvalue weighted by Gasteiger charge is -2.19. The normalized spacial score (nSPS) is 12.0. The van der Waals surface area contributed by atoms with Gasteiger partial charge >= 0.3 is 0 Å². The van der Waals surface area contributed by atoms with Crippen LogP contribution in [0, 0.1) is 0 Å². The predicted molar refractivity (Wildman–Crippen MR) is 69.2 cm³/mol. The Morgan fingerprint density at radius 3 is 2.78 bits per heavy atom. The second-order valence-electron chi connectivity index (χ2n) is 5.08. The summed E-state index contributed by atoms with van der Waals surface area (Å²) in [7, 11) is 0. The van der Waals surface area contributed by atoms with Crippen molar-refractivity contribution in [2.75, 3.05) is 19.8 Å². The van der Waals surface area contributed by atoms with Crippen LogP contribution in [0.1, 0.15) is 39.1 Å². The van der Waals surface area contributed by atoms with Crippen LogP contribution >= 0.6 is 0 Å². The summed E-state index contributed by atoms with van der Waals surface area (Å²) in [4.78, 5) is 0. The van der Waals surface area contributed by atoms with E-state index in [2.05, 4.69) is 17.4 Å². The van der Waals surface area contributed by atoms with Crippen LogP contribution < -0.4 is 5.32 Å². The average molecular weight is 256 g/mol. The number of hydrogen-bond donors (Lipinski definition) is 1. The van der Waals surface area contributed by atoms with Crippen LogP contribution in [-0.4, -0.2) is 30.5 Å². The van der Waals surface area contributed by atoms with E-state index < -0.39 is 0 Å². The summed E-state index contributed by atoms with van der Waals surface area (Å²) in [6.45, 7) is 11.4. The largest absolute Gasteiger partial charge is 0.373 e. The highest BCUT2D eigenvalue weighted by atomic mass is 16.5. The summed E-state index contributed by atoms with van der Waals surface area (Å²) >= 11 is 0. The highest BCUT2D eigenvalue weighted by Crippen LogP contribution is 2.07. The van der Waals surface area contributed by atoms with E-state index in [-0.39, 0.29) is 5.60 Å². The van der Waals surface area contributed by atoms with Gasteiger partial charge in [-0.25, -0.2) is 0 Å². The molecule has 0 aromatic carbocycles. The molecular weight excluding hydrogens is 232 g/mol. The van der Waals surface area contributed by atoms with Crippen molar-refractivity contribution in [1.82, 2.24) is 10.5 Å². The van der Waals surface area contributed by atoms with Gasteiger partial charge in [0.25, 0.3) is 0 Å². The molecular formula is C13H24N2O3. The third kappa shape index (κ3) is 6.74. The van der Waals surface area contributed by atoms with Gasteiger partial charge in [-0.3, -0.25) is 0 Å². The molecule has 18 heavy (non-hydrogen) atoms. The molecule has 1 N–H and O–H groups in total. The molecule has 1 aromatic heterocycles. The Labute approximate surface area is 109 Å². The molecule has 1 heterocycles. The van der Waals surface area contributed by atoms with Crippen LogP contribution in [0.5, 0.6) is 0 Å². The molecule has 0 aliphatic heterocycles. The van der Waals surface area contributed by atoms with Gasteiger partial charge in [-0.05, 0) is 27.3 Å². The van der Waals surface area contributed by atoms with E-state index in [1.54, 1.807) is 0 Å². The van der Waals surface area contributed by atoms with Crippen molar-refractivity contribution in [1.29, 1.82) is 0 Å². The molecule has 1 rings (SSSR count). The van der Waals surface area contributed by atoms with E-state index in [1.165, 1.54) is 0 Å². The van der Waals surface area contributed by atoms with Gasteiger partial charge in [0, 0.05) is 12.6 Å². The Bertz CT molecular complexity index is 331. The maximum atomic E-state index is 5.54. The molecule has 0 spiro atoms. The van der Waals surface area contributed by atoms with Crippen LogP contribution in [-0.2, 0) is 22.6 Å². The van der Waals surface area contributed by atoms with E-state index in [4.69, 9.17) is 14.0 Å². The van der Waals surface area contributed by atoms with Gasteiger partial charge in [-0.2, -0.15) is 0 Å². The lowest BCUT2D eigenvalue weighted by Crippen LogP contribution is -2.21. The van der Waals surface area contributed by atoms with Crippen molar-refractivity contribution < 1.29 is 14.0 Å². The Kier molecular flexibility index (Phi) is 6.32. The Balaban J connectivity index is 2.13. The minimum atomic E-state index is -0.116. The van der Waals surface area contributed by atoms with Crippen LogP contribution in [0.15, 0.2) is 10.6 Å². The molecule has 0 unspecified atom stereocenters. The molecule has 0 bridgehead atoms. The molecule has 0 atom stereocenters. The van der Waals surface area contributed by atoms with Crippen molar-refractivity contribution in [2.45, 2.75) is 46.4 Å². The van der Waals surface area contributed by atoms with Crippen molar-refractivity contribution in [3.05, 3.63) is 17.5 Å². The lowest BCUT2D eigenvalue weighted by molar-refractivity contribution is -0.0398. The third-order valence-electron chi connectivity index (χ3n) is 2.17. The summed E-state index contributed by atoms with van der Waals surface area (Å²) < 4.78 is 16.2. The fourth-order valence-corrected chi connectivity index (χ4v) is 1.34. The zero-order valence-electron chi connectivity index (χ0n) is 11.8. The molecule has 0 saturated heterocycles. The summed E-state index contributed by atoms with van der Waals surface area (Å²) in [6.07, 6.45) is 0. The van der Waals surface area contributed by atoms with Gasteiger partial charge < -0.3 is 19.3 Å². The number of nitrogens with one attached hydrogen (secondary N) is 1. The second-order valence-corrected chi connectivity index (χ2v) is 5.08. The Hall–Kier alpha value is -0.910. The molecule has 0 fully saturated rings. The zero-order chi connectivity index (χ0) is 13.4. The number of aromatic nitrogens is 1. The van der Waals surface area contributed by atoms with Gasteiger partial charge in [-0.15, -0.1) is 0 Å². The quantitative estimate of drug-likeness (QED) is 0.722. The van der Waals surface area contributed by atoms with E-state index >= 15 is 0 Å². The van der Waals surface area contributed by atoms with Gasteiger partial charge in [-0.1, -0.05) is 12.1 Å². The number of nitrogens with zero attached hydrogens (tertiary/aromatic N) is 1. The van der Waals surface area contributed by atoms with E-state index in [1.807, 2.05) is 26.8 Å². The summed E-state index contributed by atoms with van der Waals surface area (Å²) in [5, 5.41) is 7.13. The fraction of sp³-hybridized carbons (Fsp3) is 0.769. The first kappa shape index (κ1) is 15.1. The maximum absolute atomic E-state index is 5.54. The Morgan fingerprint density at radius 1 is 1.33 bits per heavy atom. The molecule has 5 nitrogen and oxygen atoms in total. The number of ether oxygens (including phenoxy) is 2. The first-order chi connectivity index (χ1) is 8.51. The minimum absolute atomic E-state index is 0.116. The van der Waals surface area contributed by atoms with Crippen molar-refractivity contribution >= 4 is 0 Å². The smallest absolute Gasteiger partial charge is 0.162 e. The van der Waals surface area contributed by atoms with Gasteiger partial charge in [0.1, 0.15) is 6.61 Å². The topological polar surface area (TPSA) is 56.5 Å². The van der Waals surface area contributed by atoms with Crippen LogP contribution in [0.4, 0.5) is 0 Å². The standard InChI is InChI=1S/C13H24N2O3/c1-5-14-9-11-8-12(18-15-11)10-16-6-7-17-13(2,3)4/h8,14H,5-7,9-10H2,1-4H3. The highest BCUT2D eigenvalue weighted by Gasteiger charge is 2.09. The van der Waals surface area contributed by atoms with Crippen LogP contribution in [0.2, 0.25) is 0 Å². The van der Waals surface area contributed by atoms with E-state index in [9.17, 15) is 0 Å². The molecule has 0 aliphatic carbocycles. The molecule has 1 aromatic rings. The van der Waals surface area contributed by atoms with E-state index in [0.717, 1.165) is 24.5 Å². The summed E-state index contributed by atoms with van der Waals surface area (Å²) in [6, 6.07) is 1.91. The summed E-state index contributed by atoms with van der Waals surface area (Å²) in [5.74, 6) is 0.749. The molecule has 104 valence electrons. The first-order valence-electron chi connectivity index (χ1n) is 6.38. The number of hydrogen-bond acceptors (Lipinski definition) is 5. The molecule has 0 amide bonds. The SMILES string of the molecule is CCNCc1cc(COCCOC(C)(C)C)on1. The monoisotopic (exact) mass is 256 g/mol. The van der Waals surface area contributed by atoms with Crippen molar-refractivity contribution in [3.63, 3.8) is 0 Å². The molecule has 5 heteroatoms. The highest BCUT2D eigenvalue weighted by molar-refractivity contribution is 5.04. The molecule has 0 radical (unpaired) electrons. The third-order valence-corrected chi connectivity index (χ3v) is 2.17. The van der Waals surface area contributed by atoms with Gasteiger partial charge in [0.05, 0.1) is 24.5 Å². The minimum Gasteiger partial charge on any atom is -0.373 e. The van der Waals surface area contributed by atoms with Gasteiger partial charge in [0.15, 0.2) is 5.76 Å².